The van der Waals surface area contributed by atoms with Crippen molar-refractivity contribution in [2.75, 3.05) is 24.6 Å². The lowest BCUT2D eigenvalue weighted by molar-refractivity contribution is 0.0838. The van der Waals surface area contributed by atoms with E-state index in [1.54, 1.807) is 12.1 Å². The van der Waals surface area contributed by atoms with Gasteiger partial charge in [0.1, 0.15) is 5.82 Å². The Morgan fingerprint density at radius 1 is 1.23 bits per heavy atom. The molecule has 0 bridgehead atoms. The molecule has 1 heterocycles. The first-order chi connectivity index (χ1) is 10.6. The molecule has 0 atom stereocenters. The number of nitrogens with zero attached hydrogens (tertiary/aromatic N) is 1. The van der Waals surface area contributed by atoms with Crippen LogP contribution in [0.1, 0.15) is 48.9 Å². The minimum atomic E-state index is -0.527. The normalized spacial score (nSPS) is 20.4. The molecule has 2 fully saturated rings. The Bertz CT molecular complexity index is 550. The van der Waals surface area contributed by atoms with E-state index in [4.69, 9.17) is 0 Å². The molecule has 1 aromatic rings. The van der Waals surface area contributed by atoms with E-state index in [1.807, 2.05) is 4.90 Å². The molecule has 2 aliphatic rings. The van der Waals surface area contributed by atoms with E-state index in [-0.39, 0.29) is 18.3 Å². The molecule has 0 aromatic heterocycles. The summed E-state index contributed by atoms with van der Waals surface area (Å²) in [6, 6.07) is 4.67. The number of halogens is 1. The first-order valence-electron chi connectivity index (χ1n) is 8.11. The molecule has 1 saturated heterocycles. The summed E-state index contributed by atoms with van der Waals surface area (Å²) in [5.74, 6) is -0.651. The zero-order valence-electron chi connectivity index (χ0n) is 12.8. The third-order valence-electron chi connectivity index (χ3n) is 4.90. The van der Waals surface area contributed by atoms with Crippen LogP contribution >= 0.6 is 0 Å². The topological polar surface area (TPSA) is 52.6 Å². The zero-order valence-corrected chi connectivity index (χ0v) is 12.8. The number of hydrogen-bond acceptors (Lipinski definition) is 3. The molecule has 1 saturated carbocycles. The molecule has 1 aliphatic carbocycles. The number of nitrogens with one attached hydrogen (secondary N) is 1. The largest absolute Gasteiger partial charge is 0.394 e. The maximum atomic E-state index is 14.3. The fourth-order valence-corrected chi connectivity index (χ4v) is 3.55. The number of amides is 1. The number of aliphatic hydroxyl groups is 1. The van der Waals surface area contributed by atoms with Crippen LogP contribution in [-0.4, -0.2) is 36.2 Å². The van der Waals surface area contributed by atoms with Crippen LogP contribution in [0.2, 0.25) is 0 Å². The third-order valence-corrected chi connectivity index (χ3v) is 4.90. The number of benzene rings is 1. The number of anilines is 1. The number of rotatable bonds is 4. The highest BCUT2D eigenvalue weighted by atomic mass is 19.1. The molecule has 0 radical (unpaired) electrons. The van der Waals surface area contributed by atoms with E-state index in [0.717, 1.165) is 51.6 Å². The summed E-state index contributed by atoms with van der Waals surface area (Å²) in [5.41, 5.74) is 0.369. The quantitative estimate of drug-likeness (QED) is 0.898. The summed E-state index contributed by atoms with van der Waals surface area (Å²) in [6.45, 7) is 1.68. The van der Waals surface area contributed by atoms with Gasteiger partial charge >= 0.3 is 0 Å². The molecule has 5 heteroatoms. The van der Waals surface area contributed by atoms with Crippen molar-refractivity contribution in [1.82, 2.24) is 5.32 Å². The molecular weight excluding hydrogens is 283 g/mol. The maximum absolute atomic E-state index is 14.3. The second-order valence-electron chi connectivity index (χ2n) is 6.46. The Morgan fingerprint density at radius 2 is 1.91 bits per heavy atom. The van der Waals surface area contributed by atoms with Gasteiger partial charge in [-0.05, 0) is 43.9 Å². The lowest BCUT2D eigenvalue weighted by atomic mass is 9.98. The first-order valence-corrected chi connectivity index (χ1v) is 8.11. The fraction of sp³-hybridized carbons (Fsp3) is 0.588. The molecule has 1 aliphatic heterocycles. The van der Waals surface area contributed by atoms with Gasteiger partial charge in [-0.2, -0.15) is 0 Å². The van der Waals surface area contributed by atoms with Gasteiger partial charge in [-0.1, -0.05) is 12.8 Å². The van der Waals surface area contributed by atoms with Crippen molar-refractivity contribution in [2.24, 2.45) is 0 Å². The third kappa shape index (κ3) is 2.95. The molecule has 1 amide bonds. The second kappa shape index (κ2) is 6.24. The van der Waals surface area contributed by atoms with Crippen molar-refractivity contribution < 1.29 is 14.3 Å². The lowest BCUT2D eigenvalue weighted by Gasteiger charge is -2.28. The predicted octanol–water partition coefficient (Wildman–Crippen LogP) is 2.46. The van der Waals surface area contributed by atoms with Crippen LogP contribution in [0.4, 0.5) is 10.1 Å². The summed E-state index contributed by atoms with van der Waals surface area (Å²) in [6.07, 6.45) is 5.74. The Kier molecular flexibility index (Phi) is 4.34. The van der Waals surface area contributed by atoms with E-state index >= 15 is 0 Å². The van der Waals surface area contributed by atoms with Gasteiger partial charge in [0.05, 0.1) is 17.8 Å². The van der Waals surface area contributed by atoms with Crippen LogP contribution in [0.15, 0.2) is 18.2 Å². The highest BCUT2D eigenvalue weighted by Gasteiger charge is 2.35. The fourth-order valence-electron chi connectivity index (χ4n) is 3.55. The van der Waals surface area contributed by atoms with E-state index in [2.05, 4.69) is 5.32 Å². The number of carbonyl (C=O) groups is 1. The van der Waals surface area contributed by atoms with Crippen molar-refractivity contribution in [3.63, 3.8) is 0 Å². The summed E-state index contributed by atoms with van der Waals surface area (Å²) in [4.78, 5) is 14.4. The Morgan fingerprint density at radius 3 is 2.50 bits per heavy atom. The minimum absolute atomic E-state index is 0.0624. The summed E-state index contributed by atoms with van der Waals surface area (Å²) in [7, 11) is 0. The van der Waals surface area contributed by atoms with Crippen molar-refractivity contribution >= 4 is 11.6 Å². The molecule has 3 rings (SSSR count). The highest BCUT2D eigenvalue weighted by molar-refractivity contribution is 5.95. The van der Waals surface area contributed by atoms with Gasteiger partial charge in [0.2, 0.25) is 0 Å². The van der Waals surface area contributed by atoms with Gasteiger partial charge in [0.25, 0.3) is 5.91 Å². The molecule has 22 heavy (non-hydrogen) atoms. The van der Waals surface area contributed by atoms with E-state index in [0.29, 0.717) is 11.3 Å². The van der Waals surface area contributed by atoms with Crippen LogP contribution in [0.25, 0.3) is 0 Å². The standard InChI is InChI=1S/C17H23FN2O2/c18-14-11-13(5-6-15(14)20-9-3-4-10-20)16(22)19-17(12-21)7-1-2-8-17/h5-6,11,21H,1-4,7-10,12H2,(H,19,22). The summed E-state index contributed by atoms with van der Waals surface area (Å²) < 4.78 is 14.3. The molecule has 4 nitrogen and oxygen atoms in total. The SMILES string of the molecule is O=C(NC1(CO)CCCC1)c1ccc(N2CCCC2)c(F)c1. The summed E-state index contributed by atoms with van der Waals surface area (Å²) >= 11 is 0. The van der Waals surface area contributed by atoms with Crippen LogP contribution in [0.3, 0.4) is 0 Å². The summed E-state index contributed by atoms with van der Waals surface area (Å²) in [5, 5.41) is 12.5. The monoisotopic (exact) mass is 306 g/mol. The van der Waals surface area contributed by atoms with Crippen molar-refractivity contribution in [3.8, 4) is 0 Å². The van der Waals surface area contributed by atoms with Crippen molar-refractivity contribution in [1.29, 1.82) is 0 Å². The van der Waals surface area contributed by atoms with Gasteiger partial charge in [-0.15, -0.1) is 0 Å². The smallest absolute Gasteiger partial charge is 0.251 e. The van der Waals surface area contributed by atoms with Crippen LogP contribution in [0.5, 0.6) is 0 Å². The molecule has 2 N–H and O–H groups in total. The molecule has 1 aromatic carbocycles. The number of aliphatic hydroxyl groups excluding tert-OH is 1. The van der Waals surface area contributed by atoms with Crippen molar-refractivity contribution in [2.45, 2.75) is 44.1 Å². The molecule has 120 valence electrons. The van der Waals surface area contributed by atoms with Crippen LogP contribution in [0, 0.1) is 5.82 Å². The number of hydrogen-bond donors (Lipinski definition) is 2. The highest BCUT2D eigenvalue weighted by Crippen LogP contribution is 2.30. The van der Waals surface area contributed by atoms with Crippen LogP contribution < -0.4 is 10.2 Å². The average Bonchev–Trinajstić information content (AvgIpc) is 3.19. The Labute approximate surface area is 130 Å². The van der Waals surface area contributed by atoms with E-state index < -0.39 is 5.54 Å². The molecule has 0 unspecified atom stereocenters. The van der Waals surface area contributed by atoms with Crippen molar-refractivity contribution in [3.05, 3.63) is 29.6 Å². The average molecular weight is 306 g/mol. The molecule has 0 spiro atoms. The first kappa shape index (κ1) is 15.3. The van der Waals surface area contributed by atoms with Gasteiger partial charge in [0.15, 0.2) is 0 Å². The Balaban J connectivity index is 1.74. The minimum Gasteiger partial charge on any atom is -0.394 e. The van der Waals surface area contributed by atoms with Gasteiger partial charge in [-0.3, -0.25) is 4.79 Å². The van der Waals surface area contributed by atoms with E-state index in [9.17, 15) is 14.3 Å². The van der Waals surface area contributed by atoms with Crippen LogP contribution in [-0.2, 0) is 0 Å². The van der Waals surface area contributed by atoms with Gasteiger partial charge < -0.3 is 15.3 Å². The number of carbonyl (C=O) groups excluding carboxylic acids is 1. The van der Waals surface area contributed by atoms with E-state index in [1.165, 1.54) is 6.07 Å². The lowest BCUT2D eigenvalue weighted by Crippen LogP contribution is -2.49. The zero-order chi connectivity index (χ0) is 15.6. The van der Waals surface area contributed by atoms with Gasteiger partial charge in [0, 0.05) is 18.7 Å². The predicted molar refractivity (Wildman–Crippen MR) is 83.6 cm³/mol. The maximum Gasteiger partial charge on any atom is 0.251 e. The molecular formula is C17H23FN2O2. The van der Waals surface area contributed by atoms with Gasteiger partial charge in [-0.25, -0.2) is 4.39 Å². The second-order valence-corrected chi connectivity index (χ2v) is 6.46. The Hall–Kier alpha value is -1.62.